The van der Waals surface area contributed by atoms with Gasteiger partial charge in [0.2, 0.25) is 6.79 Å². The number of esters is 1. The van der Waals surface area contributed by atoms with E-state index in [-0.39, 0.29) is 12.5 Å². The van der Waals surface area contributed by atoms with E-state index in [4.69, 9.17) is 18.9 Å². The lowest BCUT2D eigenvalue weighted by Crippen LogP contribution is -2.11. The first-order valence-electron chi connectivity index (χ1n) is 8.43. The minimum absolute atomic E-state index is 0.0860. The normalized spacial score (nSPS) is 12.1. The van der Waals surface area contributed by atoms with Crippen LogP contribution in [0.15, 0.2) is 47.6 Å². The quantitative estimate of drug-likeness (QED) is 0.355. The third kappa shape index (κ3) is 3.74. The molecule has 2 heterocycles. The number of fused-ring (bicyclic) bond motifs is 1. The molecule has 0 fully saturated rings. The van der Waals surface area contributed by atoms with E-state index < -0.39 is 5.97 Å². The molecule has 1 aliphatic heterocycles. The average molecular weight is 399 g/mol. The van der Waals surface area contributed by atoms with Gasteiger partial charge in [-0.25, -0.2) is 0 Å². The van der Waals surface area contributed by atoms with Gasteiger partial charge in [-0.2, -0.15) is 0 Å². The minimum Gasteiger partial charge on any atom is -0.497 e. The molecule has 3 aromatic rings. The van der Waals surface area contributed by atoms with E-state index in [0.717, 1.165) is 17.3 Å². The summed E-state index contributed by atoms with van der Waals surface area (Å²) >= 11 is 1.25. The Kier molecular flexibility index (Phi) is 5.07. The fourth-order valence-electron chi connectivity index (χ4n) is 2.69. The van der Waals surface area contributed by atoms with E-state index in [0.29, 0.717) is 22.4 Å². The van der Waals surface area contributed by atoms with Crippen molar-refractivity contribution in [3.05, 3.63) is 48.3 Å². The molecular weight excluding hydrogens is 382 g/mol. The maximum Gasteiger partial charge on any atom is 0.321 e. The molecule has 144 valence electrons. The molecule has 28 heavy (non-hydrogen) atoms. The van der Waals surface area contributed by atoms with Crippen LogP contribution in [0.3, 0.4) is 0 Å². The Hall–Kier alpha value is -3.20. The van der Waals surface area contributed by atoms with Crippen LogP contribution in [-0.4, -0.2) is 40.4 Å². The number of hydrogen-bond donors (Lipinski definition) is 0. The number of ether oxygens (including phenoxy) is 4. The standard InChI is InChI=1S/C19H17N3O5S/c1-12-20-21-19(22(12)13-3-5-14(24-2)6-4-13)28-10-18(23)27-15-7-8-16-17(9-15)26-11-25-16/h3-9H,10-11H2,1-2H3. The molecule has 1 aromatic heterocycles. The summed E-state index contributed by atoms with van der Waals surface area (Å²) in [4.78, 5) is 12.2. The number of thioether (sulfide) groups is 1. The van der Waals surface area contributed by atoms with E-state index in [2.05, 4.69) is 10.2 Å². The lowest BCUT2D eigenvalue weighted by atomic mass is 10.3. The summed E-state index contributed by atoms with van der Waals surface area (Å²) in [7, 11) is 1.62. The van der Waals surface area contributed by atoms with Crippen molar-refractivity contribution in [3.8, 4) is 28.7 Å². The van der Waals surface area contributed by atoms with E-state index in [1.54, 1.807) is 25.3 Å². The molecule has 0 aliphatic carbocycles. The highest BCUT2D eigenvalue weighted by atomic mass is 32.2. The van der Waals surface area contributed by atoms with Crippen LogP contribution in [0.2, 0.25) is 0 Å². The molecule has 0 atom stereocenters. The number of nitrogens with zero attached hydrogens (tertiary/aromatic N) is 3. The van der Waals surface area contributed by atoms with Gasteiger partial charge in [0.1, 0.15) is 17.3 Å². The van der Waals surface area contributed by atoms with Crippen molar-refractivity contribution < 1.29 is 23.7 Å². The third-order valence-corrected chi connectivity index (χ3v) is 4.92. The van der Waals surface area contributed by atoms with Gasteiger partial charge in [-0.3, -0.25) is 9.36 Å². The summed E-state index contributed by atoms with van der Waals surface area (Å²) < 4.78 is 23.0. The zero-order valence-corrected chi connectivity index (χ0v) is 16.1. The van der Waals surface area contributed by atoms with Crippen LogP contribution in [0, 0.1) is 6.92 Å². The number of benzene rings is 2. The van der Waals surface area contributed by atoms with E-state index >= 15 is 0 Å². The van der Waals surface area contributed by atoms with Gasteiger partial charge in [0, 0.05) is 11.8 Å². The van der Waals surface area contributed by atoms with Crippen molar-refractivity contribution in [1.82, 2.24) is 14.8 Å². The molecule has 8 nitrogen and oxygen atoms in total. The average Bonchev–Trinajstić information content (AvgIpc) is 3.32. The Balaban J connectivity index is 1.42. The summed E-state index contributed by atoms with van der Waals surface area (Å²) in [6.07, 6.45) is 0. The molecule has 0 saturated heterocycles. The lowest BCUT2D eigenvalue weighted by molar-refractivity contribution is -0.131. The Morgan fingerprint density at radius 1 is 1.11 bits per heavy atom. The lowest BCUT2D eigenvalue weighted by Gasteiger charge is -2.09. The SMILES string of the molecule is COc1ccc(-n2c(C)nnc2SCC(=O)Oc2ccc3c(c2)OCO3)cc1. The Morgan fingerprint density at radius 2 is 1.86 bits per heavy atom. The summed E-state index contributed by atoms with van der Waals surface area (Å²) in [5, 5.41) is 8.88. The number of carbonyl (C=O) groups excluding carboxylic acids is 1. The van der Waals surface area contributed by atoms with Crippen LogP contribution in [0.25, 0.3) is 5.69 Å². The predicted octanol–water partition coefficient (Wildman–Crippen LogP) is 3.01. The molecule has 0 spiro atoms. The summed E-state index contributed by atoms with van der Waals surface area (Å²) in [5.41, 5.74) is 0.884. The van der Waals surface area contributed by atoms with Crippen LogP contribution >= 0.6 is 11.8 Å². The topological polar surface area (TPSA) is 84.7 Å². The van der Waals surface area contributed by atoms with Gasteiger partial charge in [0.15, 0.2) is 16.7 Å². The van der Waals surface area contributed by atoms with Crippen LogP contribution in [0.4, 0.5) is 0 Å². The van der Waals surface area contributed by atoms with Gasteiger partial charge in [0.05, 0.1) is 12.9 Å². The van der Waals surface area contributed by atoms with Crippen molar-refractivity contribution >= 4 is 17.7 Å². The van der Waals surface area contributed by atoms with E-state index in [9.17, 15) is 4.79 Å². The van der Waals surface area contributed by atoms with Crippen molar-refractivity contribution in [1.29, 1.82) is 0 Å². The summed E-state index contributed by atoms with van der Waals surface area (Å²) in [6.45, 7) is 2.02. The highest BCUT2D eigenvalue weighted by molar-refractivity contribution is 7.99. The first-order valence-corrected chi connectivity index (χ1v) is 9.42. The monoisotopic (exact) mass is 399 g/mol. The van der Waals surface area contributed by atoms with Gasteiger partial charge in [-0.05, 0) is 43.3 Å². The Bertz CT molecular complexity index is 1000. The van der Waals surface area contributed by atoms with Gasteiger partial charge in [-0.15, -0.1) is 10.2 Å². The smallest absolute Gasteiger partial charge is 0.321 e. The van der Waals surface area contributed by atoms with E-state index in [1.165, 1.54) is 11.8 Å². The molecule has 0 amide bonds. The Labute approximate surface area is 165 Å². The first-order chi connectivity index (χ1) is 13.6. The first kappa shape index (κ1) is 18.2. The number of aryl methyl sites for hydroxylation is 1. The molecule has 0 unspecified atom stereocenters. The maximum atomic E-state index is 12.2. The second kappa shape index (κ2) is 7.81. The molecule has 0 N–H and O–H groups in total. The number of carbonyl (C=O) groups is 1. The fraction of sp³-hybridized carbons (Fsp3) is 0.211. The van der Waals surface area contributed by atoms with Crippen molar-refractivity contribution in [2.24, 2.45) is 0 Å². The second-order valence-electron chi connectivity index (χ2n) is 5.84. The third-order valence-electron chi connectivity index (χ3n) is 4.02. The van der Waals surface area contributed by atoms with Gasteiger partial charge in [-0.1, -0.05) is 11.8 Å². The van der Waals surface area contributed by atoms with Crippen molar-refractivity contribution in [2.45, 2.75) is 12.1 Å². The Morgan fingerprint density at radius 3 is 2.64 bits per heavy atom. The minimum atomic E-state index is -0.397. The van der Waals surface area contributed by atoms with Gasteiger partial charge >= 0.3 is 5.97 Å². The number of methoxy groups -OCH3 is 1. The van der Waals surface area contributed by atoms with Crippen LogP contribution in [-0.2, 0) is 4.79 Å². The van der Waals surface area contributed by atoms with Gasteiger partial charge in [0.25, 0.3) is 0 Å². The molecule has 2 aromatic carbocycles. The van der Waals surface area contributed by atoms with Crippen LogP contribution < -0.4 is 18.9 Å². The van der Waals surface area contributed by atoms with Gasteiger partial charge < -0.3 is 18.9 Å². The highest BCUT2D eigenvalue weighted by Gasteiger charge is 2.17. The number of rotatable bonds is 6. The zero-order valence-electron chi connectivity index (χ0n) is 15.2. The van der Waals surface area contributed by atoms with Crippen molar-refractivity contribution in [3.63, 3.8) is 0 Å². The summed E-state index contributed by atoms with van der Waals surface area (Å²) in [6, 6.07) is 12.5. The van der Waals surface area contributed by atoms with Crippen LogP contribution in [0.5, 0.6) is 23.0 Å². The summed E-state index contributed by atoms with van der Waals surface area (Å²) in [5.74, 6) is 2.77. The second-order valence-corrected chi connectivity index (χ2v) is 6.78. The van der Waals surface area contributed by atoms with E-state index in [1.807, 2.05) is 35.8 Å². The molecule has 0 bridgehead atoms. The fourth-order valence-corrected chi connectivity index (χ4v) is 3.46. The number of hydrogen-bond acceptors (Lipinski definition) is 8. The zero-order chi connectivity index (χ0) is 19.5. The number of aromatic nitrogens is 3. The molecular formula is C19H17N3O5S. The molecule has 0 saturated carbocycles. The molecule has 9 heteroatoms. The predicted molar refractivity (Wildman–Crippen MR) is 102 cm³/mol. The molecule has 1 aliphatic rings. The van der Waals surface area contributed by atoms with Crippen LogP contribution in [0.1, 0.15) is 5.82 Å². The molecule has 4 rings (SSSR count). The molecule has 0 radical (unpaired) electrons. The largest absolute Gasteiger partial charge is 0.497 e. The highest BCUT2D eigenvalue weighted by Crippen LogP contribution is 2.35. The maximum absolute atomic E-state index is 12.2. The van der Waals surface area contributed by atoms with Crippen molar-refractivity contribution in [2.75, 3.05) is 19.7 Å².